The van der Waals surface area contributed by atoms with Crippen molar-refractivity contribution in [2.24, 2.45) is 17.6 Å². The van der Waals surface area contributed by atoms with Crippen molar-refractivity contribution in [3.8, 4) is 16.9 Å². The standard InChI is InChI=1S/C27H25NO7/c1-11-5-12(2)7-13(6-11)16-3-4-18(29)21-17(16)9-14-8-15-10-19(30)22(26(28)34)25(33)27(15,35)24(32)20(14)23(21)31/h3-7,14-15,29-30,32,35H,8-10H2,1-2H3,(H2,28,34)/t14-,15+,27+/m1/s1. The number of hydrogen-bond acceptors (Lipinski definition) is 7. The molecule has 2 aromatic carbocycles. The zero-order valence-corrected chi connectivity index (χ0v) is 19.3. The summed E-state index contributed by atoms with van der Waals surface area (Å²) in [4.78, 5) is 38.4. The van der Waals surface area contributed by atoms with Crippen LogP contribution in [0.1, 0.15) is 39.9 Å². The molecular weight excluding hydrogens is 450 g/mol. The highest BCUT2D eigenvalue weighted by Crippen LogP contribution is 2.52. The van der Waals surface area contributed by atoms with Gasteiger partial charge in [0.15, 0.2) is 11.4 Å². The zero-order chi connectivity index (χ0) is 25.4. The number of carbonyl (C=O) groups excluding carboxylic acids is 3. The highest BCUT2D eigenvalue weighted by molar-refractivity contribution is 6.24. The van der Waals surface area contributed by atoms with Gasteiger partial charge in [0, 0.05) is 17.9 Å². The van der Waals surface area contributed by atoms with Crippen LogP contribution in [0.5, 0.6) is 5.75 Å². The lowest BCUT2D eigenvalue weighted by Crippen LogP contribution is -2.57. The first-order valence-corrected chi connectivity index (χ1v) is 11.4. The van der Waals surface area contributed by atoms with Gasteiger partial charge < -0.3 is 26.2 Å². The maximum atomic E-state index is 13.6. The zero-order valence-electron chi connectivity index (χ0n) is 19.3. The van der Waals surface area contributed by atoms with Gasteiger partial charge in [-0.15, -0.1) is 0 Å². The number of nitrogens with two attached hydrogens (primary N) is 1. The minimum atomic E-state index is -2.56. The largest absolute Gasteiger partial charge is 0.511 e. The number of rotatable bonds is 2. The third-order valence-electron chi connectivity index (χ3n) is 7.48. The first-order valence-electron chi connectivity index (χ1n) is 11.4. The van der Waals surface area contributed by atoms with Gasteiger partial charge in [0.05, 0.1) is 5.56 Å². The van der Waals surface area contributed by atoms with E-state index in [2.05, 4.69) is 0 Å². The van der Waals surface area contributed by atoms with Crippen LogP contribution in [-0.2, 0) is 16.0 Å². The smallest absolute Gasteiger partial charge is 0.255 e. The number of aliphatic hydroxyl groups excluding tert-OH is 2. The molecule has 5 rings (SSSR count). The number of carbonyl (C=O) groups is 3. The summed E-state index contributed by atoms with van der Waals surface area (Å²) >= 11 is 0. The van der Waals surface area contributed by atoms with Crippen LogP contribution in [0.25, 0.3) is 11.1 Å². The number of aryl methyl sites for hydroxylation is 2. The average Bonchev–Trinajstić information content (AvgIpc) is 2.75. The Kier molecular flexibility index (Phi) is 4.93. The fourth-order valence-corrected chi connectivity index (χ4v) is 6.02. The highest BCUT2D eigenvalue weighted by atomic mass is 16.3. The fraction of sp³-hybridized carbons (Fsp3) is 0.296. The lowest BCUT2D eigenvalue weighted by molar-refractivity contribution is -0.144. The molecule has 0 fully saturated rings. The van der Waals surface area contributed by atoms with E-state index in [-0.39, 0.29) is 36.1 Å². The summed E-state index contributed by atoms with van der Waals surface area (Å²) in [6.07, 6.45) is 0.120. The van der Waals surface area contributed by atoms with E-state index in [1.807, 2.05) is 32.0 Å². The van der Waals surface area contributed by atoms with Crippen molar-refractivity contribution in [2.75, 3.05) is 0 Å². The predicted octanol–water partition coefficient (Wildman–Crippen LogP) is 2.86. The number of hydrogen-bond donors (Lipinski definition) is 5. The van der Waals surface area contributed by atoms with Gasteiger partial charge >= 0.3 is 0 Å². The molecule has 3 aliphatic carbocycles. The van der Waals surface area contributed by atoms with Gasteiger partial charge in [-0.1, -0.05) is 35.4 Å². The molecule has 0 saturated heterocycles. The quantitative estimate of drug-likeness (QED) is 0.418. The van der Waals surface area contributed by atoms with Crippen LogP contribution in [0.3, 0.4) is 0 Å². The van der Waals surface area contributed by atoms with Crippen LogP contribution in [0, 0.1) is 25.7 Å². The Hall–Kier alpha value is -3.91. The fourth-order valence-electron chi connectivity index (χ4n) is 6.02. The van der Waals surface area contributed by atoms with Gasteiger partial charge in [-0.3, -0.25) is 14.4 Å². The van der Waals surface area contributed by atoms with E-state index in [0.29, 0.717) is 5.56 Å². The normalized spacial score (nSPS) is 25.8. The molecule has 0 unspecified atom stereocenters. The molecule has 180 valence electrons. The lowest BCUT2D eigenvalue weighted by atomic mass is 9.60. The number of phenolic OH excluding ortho intramolecular Hbond substituents is 1. The molecule has 0 spiro atoms. The molecule has 3 aliphatic rings. The second-order valence-corrected chi connectivity index (χ2v) is 9.77. The molecule has 0 aromatic heterocycles. The van der Waals surface area contributed by atoms with Crippen molar-refractivity contribution in [2.45, 2.75) is 38.7 Å². The van der Waals surface area contributed by atoms with Gasteiger partial charge in [-0.05, 0) is 55.4 Å². The number of ketones is 2. The number of fused-ring (bicyclic) bond motifs is 3. The number of aliphatic hydroxyl groups is 3. The SMILES string of the molecule is Cc1cc(C)cc(-c2ccc(O)c3c2C[C@H]2C[C@H]4CC(O)=C(C(N)=O)C(=O)[C@@]4(O)C(O)=C2C3=O)c1. The summed E-state index contributed by atoms with van der Waals surface area (Å²) in [5, 5.41) is 43.3. The first-order chi connectivity index (χ1) is 16.4. The van der Waals surface area contributed by atoms with Crippen molar-refractivity contribution >= 4 is 17.5 Å². The summed E-state index contributed by atoms with van der Waals surface area (Å²) in [6, 6.07) is 9.17. The first kappa shape index (κ1) is 22.9. The molecule has 0 heterocycles. The summed E-state index contributed by atoms with van der Waals surface area (Å²) in [6.45, 7) is 3.94. The monoisotopic (exact) mass is 475 g/mol. The number of amides is 1. The van der Waals surface area contributed by atoms with Crippen LogP contribution in [-0.4, -0.2) is 43.5 Å². The highest BCUT2D eigenvalue weighted by Gasteiger charge is 2.59. The van der Waals surface area contributed by atoms with Gasteiger partial charge in [-0.25, -0.2) is 0 Å². The predicted molar refractivity (Wildman–Crippen MR) is 126 cm³/mol. The van der Waals surface area contributed by atoms with E-state index >= 15 is 0 Å². The van der Waals surface area contributed by atoms with Crippen LogP contribution >= 0.6 is 0 Å². The number of allylic oxidation sites excluding steroid dienone is 2. The molecule has 1 amide bonds. The van der Waals surface area contributed by atoms with Crippen LogP contribution in [0.2, 0.25) is 0 Å². The third-order valence-corrected chi connectivity index (χ3v) is 7.48. The summed E-state index contributed by atoms with van der Waals surface area (Å²) in [5.74, 6) is -6.31. The Bertz CT molecular complexity index is 1400. The van der Waals surface area contributed by atoms with E-state index in [1.54, 1.807) is 6.07 Å². The molecule has 2 aromatic rings. The number of benzene rings is 2. The molecule has 0 bridgehead atoms. The number of Topliss-reactive ketones (excluding diaryl/α,β-unsaturated/α-hetero) is 2. The van der Waals surface area contributed by atoms with Crippen LogP contribution in [0.4, 0.5) is 0 Å². The molecule has 8 nitrogen and oxygen atoms in total. The van der Waals surface area contributed by atoms with E-state index in [9.17, 15) is 34.8 Å². The van der Waals surface area contributed by atoms with E-state index in [4.69, 9.17) is 5.73 Å². The third kappa shape index (κ3) is 3.13. The topological polar surface area (TPSA) is 158 Å². The van der Waals surface area contributed by atoms with E-state index < -0.39 is 52.0 Å². The molecule has 0 saturated carbocycles. The summed E-state index contributed by atoms with van der Waals surface area (Å²) in [5.41, 5.74) is 6.09. The van der Waals surface area contributed by atoms with Crippen molar-refractivity contribution in [1.82, 2.24) is 0 Å². The van der Waals surface area contributed by atoms with E-state index in [1.165, 1.54) is 6.07 Å². The molecular formula is C27H25NO7. The maximum absolute atomic E-state index is 13.6. The van der Waals surface area contributed by atoms with Crippen molar-refractivity contribution in [3.63, 3.8) is 0 Å². The minimum absolute atomic E-state index is 0.0123. The van der Waals surface area contributed by atoms with E-state index in [0.717, 1.165) is 22.3 Å². The maximum Gasteiger partial charge on any atom is 0.255 e. The number of phenols is 1. The second-order valence-electron chi connectivity index (χ2n) is 9.77. The Labute approximate surface area is 201 Å². The van der Waals surface area contributed by atoms with Gasteiger partial charge in [0.1, 0.15) is 22.8 Å². The minimum Gasteiger partial charge on any atom is -0.511 e. The lowest BCUT2D eigenvalue weighted by Gasteiger charge is -2.45. The van der Waals surface area contributed by atoms with Crippen molar-refractivity contribution in [3.05, 3.63) is 75.3 Å². The average molecular weight is 475 g/mol. The molecule has 0 radical (unpaired) electrons. The van der Waals surface area contributed by atoms with Crippen LogP contribution in [0.15, 0.2) is 53.0 Å². The Balaban J connectivity index is 1.70. The van der Waals surface area contributed by atoms with Crippen molar-refractivity contribution in [1.29, 1.82) is 0 Å². The molecule has 0 aliphatic heterocycles. The number of primary amides is 1. The molecule has 3 atom stereocenters. The van der Waals surface area contributed by atoms with Crippen LogP contribution < -0.4 is 5.73 Å². The summed E-state index contributed by atoms with van der Waals surface area (Å²) < 4.78 is 0. The van der Waals surface area contributed by atoms with Crippen molar-refractivity contribution < 1.29 is 34.8 Å². The Morgan fingerprint density at radius 3 is 2.31 bits per heavy atom. The second kappa shape index (κ2) is 7.55. The molecule has 6 N–H and O–H groups in total. The number of aromatic hydroxyl groups is 1. The molecule has 8 heteroatoms. The van der Waals surface area contributed by atoms with Gasteiger partial charge in [0.2, 0.25) is 5.78 Å². The molecule has 35 heavy (non-hydrogen) atoms. The van der Waals surface area contributed by atoms with Gasteiger partial charge in [0.25, 0.3) is 5.91 Å². The Morgan fingerprint density at radius 2 is 1.69 bits per heavy atom. The Morgan fingerprint density at radius 1 is 1.03 bits per heavy atom. The van der Waals surface area contributed by atoms with Gasteiger partial charge in [-0.2, -0.15) is 0 Å². The summed E-state index contributed by atoms with van der Waals surface area (Å²) in [7, 11) is 0.